The quantitative estimate of drug-likeness (QED) is 0.119. The molecular formula is C36H39FeN5O8. The van der Waals surface area contributed by atoms with Gasteiger partial charge in [-0.1, -0.05) is 48.5 Å². The van der Waals surface area contributed by atoms with E-state index in [-0.39, 0.29) is 40.7 Å². The van der Waals surface area contributed by atoms with Crippen LogP contribution < -0.4 is 26.1 Å². The number of carbonyl (C=O) groups is 2. The summed E-state index contributed by atoms with van der Waals surface area (Å²) >= 11 is 0. The average Bonchev–Trinajstić information content (AvgIpc) is 3.80. The summed E-state index contributed by atoms with van der Waals surface area (Å²) in [6.45, 7) is 0. The SMILES string of the molecule is COc1ccc(C2CC(c3ccccc3O)=NN2)cc1.COc1ccc(C2CC(c3ccccc3O)=NN2)cc1.NC(CC(=O)O)C(=O)O.[Fe]. The van der Waals surface area contributed by atoms with Gasteiger partial charge in [0.1, 0.15) is 29.0 Å². The number of hydrazone groups is 2. The minimum Gasteiger partial charge on any atom is -0.507 e. The van der Waals surface area contributed by atoms with Gasteiger partial charge in [-0.15, -0.1) is 0 Å². The molecular weight excluding hydrogens is 686 g/mol. The molecule has 0 bridgehead atoms. The second-order valence-corrected chi connectivity index (χ2v) is 11.0. The van der Waals surface area contributed by atoms with Gasteiger partial charge in [0.15, 0.2) is 0 Å². The van der Waals surface area contributed by atoms with Crippen molar-refractivity contribution in [2.24, 2.45) is 15.9 Å². The summed E-state index contributed by atoms with van der Waals surface area (Å²) in [5.74, 6) is -0.281. The summed E-state index contributed by atoms with van der Waals surface area (Å²) < 4.78 is 10.3. The van der Waals surface area contributed by atoms with Gasteiger partial charge in [-0.05, 0) is 59.7 Å². The average molecular weight is 726 g/mol. The van der Waals surface area contributed by atoms with Crippen molar-refractivity contribution < 1.29 is 56.6 Å². The molecule has 3 unspecified atom stereocenters. The van der Waals surface area contributed by atoms with E-state index in [1.54, 1.807) is 26.4 Å². The fourth-order valence-electron chi connectivity index (χ4n) is 4.99. The van der Waals surface area contributed by atoms with Crippen molar-refractivity contribution in [1.29, 1.82) is 0 Å². The Morgan fingerprint density at radius 2 is 1.10 bits per heavy atom. The Kier molecular flexibility index (Phi) is 14.7. The maximum atomic E-state index is 9.87. The number of para-hydroxylation sites is 2. The van der Waals surface area contributed by atoms with Crippen molar-refractivity contribution in [3.05, 3.63) is 119 Å². The van der Waals surface area contributed by atoms with Gasteiger partial charge in [0.05, 0.1) is 44.1 Å². The smallest absolute Gasteiger partial charge is 0.321 e. The Morgan fingerprint density at radius 1 is 0.720 bits per heavy atom. The van der Waals surface area contributed by atoms with Crippen molar-refractivity contribution >= 4 is 23.4 Å². The normalized spacial score (nSPS) is 16.2. The van der Waals surface area contributed by atoms with Gasteiger partial charge < -0.3 is 46.5 Å². The summed E-state index contributed by atoms with van der Waals surface area (Å²) in [6.07, 6.45) is 0.975. The third kappa shape index (κ3) is 10.7. The molecule has 0 fully saturated rings. The minimum atomic E-state index is -1.29. The van der Waals surface area contributed by atoms with Crippen molar-refractivity contribution in [2.75, 3.05) is 14.2 Å². The van der Waals surface area contributed by atoms with Crippen LogP contribution in [0.3, 0.4) is 0 Å². The Hall–Kier alpha value is -5.56. The van der Waals surface area contributed by atoms with Crippen LogP contribution in [0.4, 0.5) is 0 Å². The molecule has 0 spiro atoms. The number of methoxy groups -OCH3 is 2. The van der Waals surface area contributed by atoms with Gasteiger partial charge in [-0.3, -0.25) is 9.59 Å². The summed E-state index contributed by atoms with van der Waals surface area (Å²) in [7, 11) is 3.31. The number of rotatable bonds is 9. The summed E-state index contributed by atoms with van der Waals surface area (Å²) in [5, 5.41) is 44.5. The zero-order valence-corrected chi connectivity index (χ0v) is 28.4. The molecule has 13 nitrogen and oxygen atoms in total. The summed E-state index contributed by atoms with van der Waals surface area (Å²) in [5.41, 5.74) is 16.7. The Bertz CT molecular complexity index is 1670. The molecule has 0 radical (unpaired) electrons. The van der Waals surface area contributed by atoms with Gasteiger partial charge in [0, 0.05) is 41.0 Å². The van der Waals surface area contributed by atoms with Crippen molar-refractivity contribution in [2.45, 2.75) is 37.4 Å². The fourth-order valence-corrected chi connectivity index (χ4v) is 4.99. The number of hydrogen-bond donors (Lipinski definition) is 7. The predicted octanol–water partition coefficient (Wildman–Crippen LogP) is 4.55. The van der Waals surface area contributed by atoms with E-state index < -0.39 is 24.4 Å². The van der Waals surface area contributed by atoms with Gasteiger partial charge in [0.25, 0.3) is 0 Å². The third-order valence-electron chi connectivity index (χ3n) is 7.68. The van der Waals surface area contributed by atoms with E-state index in [1.807, 2.05) is 84.9 Å². The molecule has 8 N–H and O–H groups in total. The van der Waals surface area contributed by atoms with Crippen LogP contribution in [-0.4, -0.2) is 64.0 Å². The van der Waals surface area contributed by atoms with E-state index in [2.05, 4.69) is 21.1 Å². The topological polar surface area (TPSA) is 208 Å². The number of carboxylic acid groups (broad SMARTS) is 2. The predicted molar refractivity (Wildman–Crippen MR) is 184 cm³/mol. The number of nitrogens with two attached hydrogens (primary N) is 1. The minimum absolute atomic E-state index is 0. The molecule has 4 aromatic carbocycles. The largest absolute Gasteiger partial charge is 0.507 e. The maximum absolute atomic E-state index is 9.87. The number of phenolic OH excluding ortho intramolecular Hbond substituents is 2. The van der Waals surface area contributed by atoms with E-state index in [9.17, 15) is 19.8 Å². The molecule has 2 aliphatic heterocycles. The second-order valence-electron chi connectivity index (χ2n) is 11.0. The molecule has 14 heteroatoms. The van der Waals surface area contributed by atoms with Crippen LogP contribution >= 0.6 is 0 Å². The molecule has 0 saturated heterocycles. The zero-order chi connectivity index (χ0) is 35.3. The fraction of sp³-hybridized carbons (Fsp3) is 0.222. The molecule has 264 valence electrons. The standard InChI is InChI=1S/2C16H16N2O2.C4H7NO4.Fe/c2*1-20-12-8-6-11(7-9-12)14-10-15(18-17-14)13-4-2-3-5-16(13)19;5-2(4(8)9)1-3(6)7;/h2*2-9,14,17,19H,10H2,1H3;2H,1,5H2,(H,6,7)(H,8,9);. The van der Waals surface area contributed by atoms with Gasteiger partial charge in [0.2, 0.25) is 0 Å². The molecule has 4 aromatic rings. The van der Waals surface area contributed by atoms with Crippen molar-refractivity contribution in [1.82, 2.24) is 10.9 Å². The van der Waals surface area contributed by atoms with Gasteiger partial charge in [-0.25, -0.2) is 0 Å². The third-order valence-corrected chi connectivity index (χ3v) is 7.68. The monoisotopic (exact) mass is 725 g/mol. The first kappa shape index (κ1) is 38.9. The summed E-state index contributed by atoms with van der Waals surface area (Å²) in [6, 6.07) is 29.4. The first-order valence-corrected chi connectivity index (χ1v) is 15.3. The van der Waals surface area contributed by atoms with Crippen LogP contribution in [0.15, 0.2) is 107 Å². The van der Waals surface area contributed by atoms with E-state index in [4.69, 9.17) is 25.4 Å². The van der Waals surface area contributed by atoms with E-state index >= 15 is 0 Å². The first-order chi connectivity index (χ1) is 23.6. The van der Waals surface area contributed by atoms with Gasteiger partial charge in [-0.2, -0.15) is 10.2 Å². The number of hydrogen-bond acceptors (Lipinski definition) is 11. The van der Waals surface area contributed by atoms with Gasteiger partial charge >= 0.3 is 11.9 Å². The number of nitrogens with zero attached hydrogens (tertiary/aromatic N) is 2. The van der Waals surface area contributed by atoms with Crippen LogP contribution in [0, 0.1) is 0 Å². The van der Waals surface area contributed by atoms with E-state index in [0.717, 1.165) is 58.0 Å². The molecule has 2 aliphatic rings. The van der Waals surface area contributed by atoms with Crippen LogP contribution in [0.5, 0.6) is 23.0 Å². The molecule has 50 heavy (non-hydrogen) atoms. The van der Waals surface area contributed by atoms with Crippen LogP contribution in [0.2, 0.25) is 0 Å². The number of carboxylic acids is 2. The molecule has 0 saturated carbocycles. The number of phenols is 2. The van der Waals surface area contributed by atoms with E-state index in [0.29, 0.717) is 0 Å². The van der Waals surface area contributed by atoms with E-state index in [1.165, 1.54) is 0 Å². The summed E-state index contributed by atoms with van der Waals surface area (Å²) in [4.78, 5) is 19.6. The molecule has 0 aliphatic carbocycles. The number of benzene rings is 4. The van der Waals surface area contributed by atoms with Crippen molar-refractivity contribution in [3.8, 4) is 23.0 Å². The molecule has 2 heterocycles. The molecule has 6 rings (SSSR count). The number of aliphatic carboxylic acids is 2. The van der Waals surface area contributed by atoms with Crippen LogP contribution in [-0.2, 0) is 26.7 Å². The number of aromatic hydroxyl groups is 2. The Morgan fingerprint density at radius 3 is 1.40 bits per heavy atom. The second kappa shape index (κ2) is 18.8. The van der Waals surface area contributed by atoms with Crippen molar-refractivity contribution in [3.63, 3.8) is 0 Å². The molecule has 0 amide bonds. The Balaban J connectivity index is 0.000000216. The maximum Gasteiger partial charge on any atom is 0.321 e. The molecule has 0 aromatic heterocycles. The van der Waals surface area contributed by atoms with Crippen LogP contribution in [0.25, 0.3) is 0 Å². The number of ether oxygens (including phenoxy) is 2. The Labute approximate surface area is 299 Å². The van der Waals surface area contributed by atoms with Crippen LogP contribution in [0.1, 0.15) is 53.6 Å². The molecule has 3 atom stereocenters. The number of nitrogens with one attached hydrogen (secondary N) is 2. The zero-order valence-electron chi connectivity index (χ0n) is 27.3. The first-order valence-electron chi connectivity index (χ1n) is 15.3.